The summed E-state index contributed by atoms with van der Waals surface area (Å²) in [7, 11) is 2.06. The van der Waals surface area contributed by atoms with Crippen molar-refractivity contribution < 1.29 is 18.3 Å². The second-order valence-electron chi connectivity index (χ2n) is 8.93. The zero-order chi connectivity index (χ0) is 23.3. The number of amides is 2. The highest BCUT2D eigenvalue weighted by Gasteiger charge is 2.32. The van der Waals surface area contributed by atoms with E-state index in [1.807, 2.05) is 38.1 Å². The number of nitrogens with one attached hydrogen (secondary N) is 1. The molecule has 1 fully saturated rings. The number of halogens is 2. The molecular formula is C25H33F2N3O2. The van der Waals surface area contributed by atoms with Crippen LogP contribution in [0.3, 0.4) is 0 Å². The normalized spacial score (nSPS) is 19.1. The number of carbonyl (C=O) groups excluding carboxylic acids is 1. The molecular weight excluding hydrogens is 412 g/mol. The highest BCUT2D eigenvalue weighted by Crippen LogP contribution is 2.24. The molecule has 2 atom stereocenters. The summed E-state index contributed by atoms with van der Waals surface area (Å²) < 4.78 is 33.4. The van der Waals surface area contributed by atoms with E-state index in [9.17, 15) is 13.6 Å². The van der Waals surface area contributed by atoms with Crippen molar-refractivity contribution >= 4 is 6.03 Å². The molecule has 1 N–H and O–H groups in total. The maximum absolute atomic E-state index is 14.4. The quantitative estimate of drug-likeness (QED) is 0.666. The summed E-state index contributed by atoms with van der Waals surface area (Å²) in [5.74, 6) is -0.247. The fourth-order valence-electron chi connectivity index (χ4n) is 4.22. The summed E-state index contributed by atoms with van der Waals surface area (Å²) in [5, 5.41) is 2.98. The Hall–Kier alpha value is -2.67. The largest absolute Gasteiger partial charge is 0.491 e. The predicted molar refractivity (Wildman–Crippen MR) is 121 cm³/mol. The minimum atomic E-state index is -0.635. The number of benzene rings is 2. The van der Waals surface area contributed by atoms with Crippen LogP contribution < -0.4 is 10.1 Å². The smallest absolute Gasteiger partial charge is 0.318 e. The van der Waals surface area contributed by atoms with Gasteiger partial charge in [0.15, 0.2) is 0 Å². The predicted octanol–water partition coefficient (Wildman–Crippen LogP) is 4.80. The van der Waals surface area contributed by atoms with Gasteiger partial charge in [0, 0.05) is 30.8 Å². The molecule has 0 bridgehead atoms. The zero-order valence-corrected chi connectivity index (χ0v) is 19.3. The van der Waals surface area contributed by atoms with Gasteiger partial charge in [-0.3, -0.25) is 0 Å². The Morgan fingerprint density at radius 3 is 2.56 bits per heavy atom. The third-order valence-electron chi connectivity index (χ3n) is 5.82. The summed E-state index contributed by atoms with van der Waals surface area (Å²) in [6.45, 7) is 8.21. The van der Waals surface area contributed by atoms with Crippen molar-refractivity contribution in [1.29, 1.82) is 0 Å². The van der Waals surface area contributed by atoms with Crippen LogP contribution in [-0.4, -0.2) is 48.1 Å². The number of ether oxygens (including phenoxy) is 1. The molecule has 7 heteroatoms. The third kappa shape index (κ3) is 6.42. The van der Waals surface area contributed by atoms with Gasteiger partial charge in [-0.05, 0) is 63.5 Å². The minimum absolute atomic E-state index is 0.0301. The first-order chi connectivity index (χ1) is 15.2. The van der Waals surface area contributed by atoms with Crippen molar-refractivity contribution in [2.45, 2.75) is 52.4 Å². The standard InChI is InChI=1S/C25H33F2N3O2/c1-17(2)32-22-9-5-19(6-10-22)14-28-25(31)30(24-11-12-29(4)15-18(24)3)16-20-7-8-21(26)13-23(20)27/h5-10,13,17-18,24H,11-12,14-16H2,1-4H3,(H,28,31)/t18-,24+/m0/s1. The van der Waals surface area contributed by atoms with Crippen LogP contribution in [0, 0.1) is 17.6 Å². The van der Waals surface area contributed by atoms with Gasteiger partial charge in [0.05, 0.1) is 12.6 Å². The van der Waals surface area contributed by atoms with Crippen LogP contribution in [0.5, 0.6) is 5.75 Å². The second-order valence-corrected chi connectivity index (χ2v) is 8.93. The van der Waals surface area contributed by atoms with E-state index in [2.05, 4.69) is 24.2 Å². The molecule has 2 aromatic rings. The number of hydrogen-bond donors (Lipinski definition) is 1. The Kier molecular flexibility index (Phi) is 8.07. The first kappa shape index (κ1) is 24.0. The first-order valence-corrected chi connectivity index (χ1v) is 11.2. The molecule has 5 nitrogen and oxygen atoms in total. The minimum Gasteiger partial charge on any atom is -0.491 e. The van der Waals surface area contributed by atoms with Gasteiger partial charge in [0.25, 0.3) is 0 Å². The van der Waals surface area contributed by atoms with E-state index in [1.165, 1.54) is 12.1 Å². The van der Waals surface area contributed by atoms with Crippen LogP contribution in [0.25, 0.3) is 0 Å². The number of carbonyl (C=O) groups is 1. The van der Waals surface area contributed by atoms with Crippen LogP contribution in [0.4, 0.5) is 13.6 Å². The van der Waals surface area contributed by atoms with Gasteiger partial charge in [-0.1, -0.05) is 25.1 Å². The summed E-state index contributed by atoms with van der Waals surface area (Å²) in [6, 6.07) is 10.8. The maximum atomic E-state index is 14.4. The summed E-state index contributed by atoms with van der Waals surface area (Å²) in [6.07, 6.45) is 0.896. The molecule has 0 spiro atoms. The Morgan fingerprint density at radius 1 is 1.22 bits per heavy atom. The van der Waals surface area contributed by atoms with Crippen LogP contribution in [-0.2, 0) is 13.1 Å². The van der Waals surface area contributed by atoms with Crippen LogP contribution in [0.15, 0.2) is 42.5 Å². The molecule has 1 heterocycles. The van der Waals surface area contributed by atoms with E-state index in [-0.39, 0.29) is 30.6 Å². The Bertz CT molecular complexity index is 905. The average molecular weight is 446 g/mol. The molecule has 0 unspecified atom stereocenters. The van der Waals surface area contributed by atoms with E-state index >= 15 is 0 Å². The van der Waals surface area contributed by atoms with Gasteiger partial charge in [0.1, 0.15) is 17.4 Å². The lowest BCUT2D eigenvalue weighted by Crippen LogP contribution is -2.53. The molecule has 3 rings (SSSR count). The number of piperidine rings is 1. The topological polar surface area (TPSA) is 44.8 Å². The molecule has 32 heavy (non-hydrogen) atoms. The van der Waals surface area contributed by atoms with Crippen LogP contribution in [0.1, 0.15) is 38.3 Å². The van der Waals surface area contributed by atoms with E-state index < -0.39 is 11.6 Å². The zero-order valence-electron chi connectivity index (χ0n) is 19.3. The second kappa shape index (κ2) is 10.8. The molecule has 2 aromatic carbocycles. The Morgan fingerprint density at radius 2 is 1.94 bits per heavy atom. The number of nitrogens with zero attached hydrogens (tertiary/aromatic N) is 2. The molecule has 1 aliphatic heterocycles. The average Bonchev–Trinajstić information content (AvgIpc) is 2.73. The lowest BCUT2D eigenvalue weighted by Gasteiger charge is -2.41. The number of urea groups is 1. The van der Waals surface area contributed by atoms with Gasteiger partial charge in [0.2, 0.25) is 0 Å². The lowest BCUT2D eigenvalue weighted by molar-refractivity contribution is 0.0877. The number of rotatable bonds is 7. The van der Waals surface area contributed by atoms with Gasteiger partial charge < -0.3 is 19.9 Å². The van der Waals surface area contributed by atoms with Crippen molar-refractivity contribution in [1.82, 2.24) is 15.1 Å². The fourth-order valence-corrected chi connectivity index (χ4v) is 4.22. The van der Waals surface area contributed by atoms with E-state index in [4.69, 9.17) is 4.74 Å². The Labute approximate surface area is 189 Å². The summed E-state index contributed by atoms with van der Waals surface area (Å²) in [5.41, 5.74) is 1.25. The highest BCUT2D eigenvalue weighted by atomic mass is 19.1. The molecule has 0 saturated carbocycles. The lowest BCUT2D eigenvalue weighted by atomic mass is 9.92. The highest BCUT2D eigenvalue weighted by molar-refractivity contribution is 5.74. The number of likely N-dealkylation sites (tertiary alicyclic amines) is 1. The fraction of sp³-hybridized carbons (Fsp3) is 0.480. The van der Waals surface area contributed by atoms with Crippen molar-refractivity contribution in [2.24, 2.45) is 5.92 Å². The van der Waals surface area contributed by atoms with Crippen molar-refractivity contribution in [2.75, 3.05) is 20.1 Å². The first-order valence-electron chi connectivity index (χ1n) is 11.2. The molecule has 0 aromatic heterocycles. The van der Waals surface area contributed by atoms with Gasteiger partial charge in [-0.15, -0.1) is 0 Å². The monoisotopic (exact) mass is 445 g/mol. The van der Waals surface area contributed by atoms with Gasteiger partial charge >= 0.3 is 6.03 Å². The maximum Gasteiger partial charge on any atom is 0.318 e. The molecule has 0 radical (unpaired) electrons. The molecule has 174 valence electrons. The van der Waals surface area contributed by atoms with E-state index in [0.29, 0.717) is 12.1 Å². The molecule has 1 saturated heterocycles. The summed E-state index contributed by atoms with van der Waals surface area (Å²) in [4.78, 5) is 17.1. The molecule has 2 amide bonds. The van der Waals surface area contributed by atoms with Crippen LogP contribution in [0.2, 0.25) is 0 Å². The van der Waals surface area contributed by atoms with Crippen LogP contribution >= 0.6 is 0 Å². The molecule has 0 aliphatic carbocycles. The SMILES string of the molecule is CC(C)Oc1ccc(CNC(=O)N(Cc2ccc(F)cc2F)[C@@H]2CCN(C)C[C@@H]2C)cc1. The van der Waals surface area contributed by atoms with Crippen molar-refractivity contribution in [3.8, 4) is 5.75 Å². The van der Waals surface area contributed by atoms with E-state index in [1.54, 1.807) is 4.90 Å². The Balaban J connectivity index is 1.72. The van der Waals surface area contributed by atoms with Gasteiger partial charge in [-0.2, -0.15) is 0 Å². The number of hydrogen-bond acceptors (Lipinski definition) is 3. The van der Waals surface area contributed by atoms with Gasteiger partial charge in [-0.25, -0.2) is 13.6 Å². The molecule has 1 aliphatic rings. The summed E-state index contributed by atoms with van der Waals surface area (Å²) >= 11 is 0. The van der Waals surface area contributed by atoms with E-state index in [0.717, 1.165) is 36.9 Å². The van der Waals surface area contributed by atoms with Crippen molar-refractivity contribution in [3.05, 3.63) is 65.2 Å². The third-order valence-corrected chi connectivity index (χ3v) is 5.82. The van der Waals surface area contributed by atoms with Crippen molar-refractivity contribution in [3.63, 3.8) is 0 Å².